The van der Waals surface area contributed by atoms with Crippen LogP contribution in [0.1, 0.15) is 54.9 Å². The quantitative estimate of drug-likeness (QED) is 0.845. The summed E-state index contributed by atoms with van der Waals surface area (Å²) in [7, 11) is 1.93. The maximum Gasteiger partial charge on any atom is 0.220 e. The van der Waals surface area contributed by atoms with E-state index >= 15 is 0 Å². The summed E-state index contributed by atoms with van der Waals surface area (Å²) in [5.74, 6) is 1.85. The molecule has 154 valence electrons. The van der Waals surface area contributed by atoms with Crippen LogP contribution in [0.15, 0.2) is 30.3 Å². The van der Waals surface area contributed by atoms with Gasteiger partial charge in [-0.05, 0) is 31.2 Å². The van der Waals surface area contributed by atoms with E-state index in [1.54, 1.807) is 6.92 Å². The Labute approximate surface area is 173 Å². The van der Waals surface area contributed by atoms with Crippen LogP contribution in [0.3, 0.4) is 0 Å². The van der Waals surface area contributed by atoms with Crippen molar-refractivity contribution in [1.29, 1.82) is 0 Å². The molecule has 0 bridgehead atoms. The number of rotatable bonds is 5. The van der Waals surface area contributed by atoms with E-state index < -0.39 is 0 Å². The molecule has 1 saturated heterocycles. The standard InChI is InChI=1S/C23H31N5O/c1-17(29)28-13-7-6-10-21(28)23-25-20-12-15-27(16-19(20)22(24-2)26-23)14-11-18-8-4-3-5-9-18/h3-5,8-9,21H,6-7,10-16H2,1-2H3,(H,24,25,26)/t21-/m0/s1. The van der Waals surface area contributed by atoms with E-state index in [0.717, 1.165) is 75.6 Å². The van der Waals surface area contributed by atoms with Crippen LogP contribution in [-0.2, 0) is 24.2 Å². The highest BCUT2D eigenvalue weighted by Crippen LogP contribution is 2.32. The van der Waals surface area contributed by atoms with E-state index in [-0.39, 0.29) is 11.9 Å². The van der Waals surface area contributed by atoms with E-state index in [2.05, 4.69) is 40.5 Å². The Balaban J connectivity index is 1.52. The summed E-state index contributed by atoms with van der Waals surface area (Å²) in [6.07, 6.45) is 5.12. The van der Waals surface area contributed by atoms with Crippen LogP contribution < -0.4 is 5.32 Å². The SMILES string of the molecule is CNc1nc([C@@H]2CCCCN2C(C)=O)nc2c1CN(CCc1ccccc1)CC2. The summed E-state index contributed by atoms with van der Waals surface area (Å²) in [4.78, 5) is 26.4. The van der Waals surface area contributed by atoms with Crippen LogP contribution >= 0.6 is 0 Å². The molecule has 4 rings (SSSR count). The first kappa shape index (κ1) is 19.8. The van der Waals surface area contributed by atoms with Crippen molar-refractivity contribution in [2.24, 2.45) is 0 Å². The molecular weight excluding hydrogens is 362 g/mol. The van der Waals surface area contributed by atoms with Gasteiger partial charge in [0.25, 0.3) is 0 Å². The Morgan fingerprint density at radius 2 is 2.00 bits per heavy atom. The fourth-order valence-corrected chi connectivity index (χ4v) is 4.54. The number of benzene rings is 1. The van der Waals surface area contributed by atoms with Crippen LogP contribution in [0.5, 0.6) is 0 Å². The molecule has 6 heteroatoms. The lowest BCUT2D eigenvalue weighted by Crippen LogP contribution is -2.39. The van der Waals surface area contributed by atoms with E-state index in [1.807, 2.05) is 11.9 Å². The third-order valence-corrected chi connectivity index (χ3v) is 6.16. The van der Waals surface area contributed by atoms with Gasteiger partial charge in [-0.1, -0.05) is 30.3 Å². The Bertz CT molecular complexity index is 837. The number of amides is 1. The highest BCUT2D eigenvalue weighted by Gasteiger charge is 2.30. The van der Waals surface area contributed by atoms with Crippen molar-refractivity contribution in [3.8, 4) is 0 Å². The van der Waals surface area contributed by atoms with Gasteiger partial charge in [0, 0.05) is 52.1 Å². The number of hydrogen-bond donors (Lipinski definition) is 1. The topological polar surface area (TPSA) is 61.4 Å². The van der Waals surface area contributed by atoms with Crippen molar-refractivity contribution in [2.75, 3.05) is 32.0 Å². The zero-order valence-electron chi connectivity index (χ0n) is 17.5. The van der Waals surface area contributed by atoms with E-state index in [9.17, 15) is 4.79 Å². The fourth-order valence-electron chi connectivity index (χ4n) is 4.54. The number of piperidine rings is 1. The van der Waals surface area contributed by atoms with Gasteiger partial charge in [-0.3, -0.25) is 9.69 Å². The molecule has 2 aliphatic heterocycles. The van der Waals surface area contributed by atoms with Crippen molar-refractivity contribution in [3.63, 3.8) is 0 Å². The van der Waals surface area contributed by atoms with E-state index in [4.69, 9.17) is 9.97 Å². The van der Waals surface area contributed by atoms with Crippen molar-refractivity contribution >= 4 is 11.7 Å². The monoisotopic (exact) mass is 393 g/mol. The van der Waals surface area contributed by atoms with Gasteiger partial charge in [-0.25, -0.2) is 9.97 Å². The van der Waals surface area contributed by atoms with Gasteiger partial charge in [0.15, 0.2) is 5.82 Å². The lowest BCUT2D eigenvalue weighted by Gasteiger charge is -2.35. The first-order chi connectivity index (χ1) is 14.2. The van der Waals surface area contributed by atoms with Crippen LogP contribution in [0, 0.1) is 0 Å². The minimum atomic E-state index is 0.00904. The molecule has 1 N–H and O–H groups in total. The molecule has 1 atom stereocenters. The lowest BCUT2D eigenvalue weighted by atomic mass is 9.99. The van der Waals surface area contributed by atoms with E-state index in [0.29, 0.717) is 0 Å². The van der Waals surface area contributed by atoms with Gasteiger partial charge in [0.1, 0.15) is 5.82 Å². The number of anilines is 1. The Hall–Kier alpha value is -2.47. The zero-order valence-corrected chi connectivity index (χ0v) is 17.5. The largest absolute Gasteiger partial charge is 0.373 e. The molecule has 0 radical (unpaired) electrons. The molecule has 1 fully saturated rings. The summed E-state index contributed by atoms with van der Waals surface area (Å²) in [5.41, 5.74) is 3.73. The summed E-state index contributed by atoms with van der Waals surface area (Å²) < 4.78 is 0. The van der Waals surface area contributed by atoms with Gasteiger partial charge < -0.3 is 10.2 Å². The van der Waals surface area contributed by atoms with E-state index in [1.165, 1.54) is 11.1 Å². The maximum absolute atomic E-state index is 12.1. The average Bonchev–Trinajstić information content (AvgIpc) is 2.77. The molecule has 0 saturated carbocycles. The second kappa shape index (κ2) is 8.91. The minimum absolute atomic E-state index is 0.00904. The number of likely N-dealkylation sites (tertiary alicyclic amines) is 1. The van der Waals surface area contributed by atoms with Crippen LogP contribution in [0.25, 0.3) is 0 Å². The second-order valence-electron chi connectivity index (χ2n) is 8.09. The van der Waals surface area contributed by atoms with Crippen LogP contribution in [0.2, 0.25) is 0 Å². The summed E-state index contributed by atoms with van der Waals surface area (Å²) in [6.45, 7) is 5.39. The van der Waals surface area contributed by atoms with Gasteiger partial charge in [-0.2, -0.15) is 0 Å². The number of fused-ring (bicyclic) bond motifs is 1. The molecule has 1 amide bonds. The van der Waals surface area contributed by atoms with Crippen molar-refractivity contribution < 1.29 is 4.79 Å². The molecule has 1 aromatic carbocycles. The second-order valence-corrected chi connectivity index (χ2v) is 8.09. The molecule has 29 heavy (non-hydrogen) atoms. The third kappa shape index (κ3) is 4.42. The predicted molar refractivity (Wildman–Crippen MR) is 115 cm³/mol. The molecule has 2 aromatic rings. The molecule has 3 heterocycles. The third-order valence-electron chi connectivity index (χ3n) is 6.16. The van der Waals surface area contributed by atoms with Gasteiger partial charge in [-0.15, -0.1) is 0 Å². The van der Waals surface area contributed by atoms with Gasteiger partial charge in [0.2, 0.25) is 5.91 Å². The first-order valence-electron chi connectivity index (χ1n) is 10.8. The molecule has 0 spiro atoms. The van der Waals surface area contributed by atoms with Crippen molar-refractivity contribution in [3.05, 3.63) is 53.0 Å². The Kier molecular flexibility index (Phi) is 6.09. The lowest BCUT2D eigenvalue weighted by molar-refractivity contribution is -0.132. The molecule has 1 aromatic heterocycles. The Morgan fingerprint density at radius 3 is 2.76 bits per heavy atom. The maximum atomic E-state index is 12.1. The number of nitrogens with one attached hydrogen (secondary N) is 1. The minimum Gasteiger partial charge on any atom is -0.373 e. The van der Waals surface area contributed by atoms with Gasteiger partial charge >= 0.3 is 0 Å². The highest BCUT2D eigenvalue weighted by atomic mass is 16.2. The first-order valence-corrected chi connectivity index (χ1v) is 10.8. The number of carbonyl (C=O) groups is 1. The summed E-state index contributed by atoms with van der Waals surface area (Å²) in [5, 5.41) is 3.29. The van der Waals surface area contributed by atoms with Crippen LogP contribution in [-0.4, -0.2) is 52.4 Å². The predicted octanol–water partition coefficient (Wildman–Crippen LogP) is 3.19. The molecular formula is C23H31N5O. The number of aromatic nitrogens is 2. The highest BCUT2D eigenvalue weighted by molar-refractivity contribution is 5.73. The summed E-state index contributed by atoms with van der Waals surface area (Å²) >= 11 is 0. The van der Waals surface area contributed by atoms with Crippen LogP contribution in [0.4, 0.5) is 5.82 Å². The molecule has 0 aliphatic carbocycles. The smallest absolute Gasteiger partial charge is 0.220 e. The van der Waals surface area contributed by atoms with Crippen molar-refractivity contribution in [2.45, 2.75) is 51.6 Å². The molecule has 0 unspecified atom stereocenters. The number of nitrogens with zero attached hydrogens (tertiary/aromatic N) is 4. The van der Waals surface area contributed by atoms with Gasteiger partial charge in [0.05, 0.1) is 11.7 Å². The number of carbonyl (C=O) groups excluding carboxylic acids is 1. The average molecular weight is 394 g/mol. The zero-order chi connectivity index (χ0) is 20.2. The fraction of sp³-hybridized carbons (Fsp3) is 0.522. The number of hydrogen-bond acceptors (Lipinski definition) is 5. The normalized spacial score (nSPS) is 19.7. The Morgan fingerprint density at radius 1 is 1.17 bits per heavy atom. The van der Waals surface area contributed by atoms with Crippen molar-refractivity contribution in [1.82, 2.24) is 19.8 Å². The molecule has 2 aliphatic rings. The summed E-state index contributed by atoms with van der Waals surface area (Å²) in [6, 6.07) is 10.7. The molecule has 6 nitrogen and oxygen atoms in total.